The van der Waals surface area contributed by atoms with Crippen LogP contribution in [-0.2, 0) is 23.1 Å². The number of hydrogen-bond acceptors (Lipinski definition) is 2. The molecule has 0 aromatic heterocycles. The van der Waals surface area contributed by atoms with Crippen LogP contribution in [0.5, 0.6) is 5.75 Å². The third kappa shape index (κ3) is 4.85. The molecule has 0 atom stereocenters. The maximum atomic E-state index is 12.4. The molecule has 0 fully saturated rings. The Morgan fingerprint density at radius 2 is 1.56 bits per heavy atom. The van der Waals surface area contributed by atoms with Crippen molar-refractivity contribution in [2.24, 2.45) is 0 Å². The lowest BCUT2D eigenvalue weighted by Crippen LogP contribution is -2.23. The SMILES string of the molecule is CCc1cccc(CC)c1NC(=O)COc1ccccc1C(C)(C)C. The molecule has 0 radical (unpaired) electrons. The standard InChI is InChI=1S/C22H29NO2/c1-6-16-11-10-12-17(7-2)21(16)23-20(24)15-25-19-14-9-8-13-18(19)22(3,4)5/h8-14H,6-7,15H2,1-5H3,(H,23,24). The van der Waals surface area contributed by atoms with E-state index in [-0.39, 0.29) is 17.9 Å². The van der Waals surface area contributed by atoms with Crippen molar-refractivity contribution in [2.75, 3.05) is 11.9 Å². The van der Waals surface area contributed by atoms with Crippen LogP contribution < -0.4 is 10.1 Å². The number of nitrogens with one attached hydrogen (secondary N) is 1. The van der Waals surface area contributed by atoms with Crippen LogP contribution in [-0.4, -0.2) is 12.5 Å². The van der Waals surface area contributed by atoms with Gasteiger partial charge in [-0.2, -0.15) is 0 Å². The van der Waals surface area contributed by atoms with Crippen molar-refractivity contribution in [2.45, 2.75) is 52.9 Å². The number of amides is 1. The Hall–Kier alpha value is -2.29. The van der Waals surface area contributed by atoms with Crippen LogP contribution in [0.25, 0.3) is 0 Å². The number of carbonyl (C=O) groups excluding carboxylic acids is 1. The predicted octanol–water partition coefficient (Wildman–Crippen LogP) is 5.13. The Labute approximate surface area is 151 Å². The van der Waals surface area contributed by atoms with E-state index < -0.39 is 0 Å². The first-order chi connectivity index (χ1) is 11.9. The molecule has 3 heteroatoms. The molecule has 1 amide bonds. The Kier molecular flexibility index (Phi) is 6.24. The number of hydrogen-bond donors (Lipinski definition) is 1. The van der Waals surface area contributed by atoms with Gasteiger partial charge in [0.25, 0.3) is 5.91 Å². The van der Waals surface area contributed by atoms with Gasteiger partial charge in [0.2, 0.25) is 0 Å². The molecule has 0 heterocycles. The van der Waals surface area contributed by atoms with Gasteiger partial charge in [-0.25, -0.2) is 0 Å². The van der Waals surface area contributed by atoms with Gasteiger partial charge in [-0.1, -0.05) is 71.0 Å². The Bertz CT molecular complexity index is 707. The minimum absolute atomic E-state index is 0.00823. The summed E-state index contributed by atoms with van der Waals surface area (Å²) in [6.07, 6.45) is 1.77. The molecule has 0 spiro atoms. The smallest absolute Gasteiger partial charge is 0.262 e. The van der Waals surface area contributed by atoms with E-state index in [1.165, 1.54) is 0 Å². The largest absolute Gasteiger partial charge is 0.483 e. The minimum atomic E-state index is -0.126. The highest BCUT2D eigenvalue weighted by molar-refractivity contribution is 5.93. The first-order valence-electron chi connectivity index (χ1n) is 8.99. The fraction of sp³-hybridized carbons (Fsp3) is 0.409. The third-order valence-electron chi connectivity index (χ3n) is 4.32. The summed E-state index contributed by atoms with van der Waals surface area (Å²) in [5.41, 5.74) is 4.32. The lowest BCUT2D eigenvalue weighted by Gasteiger charge is -2.22. The average molecular weight is 339 g/mol. The number of anilines is 1. The molecule has 2 aromatic carbocycles. The van der Waals surface area contributed by atoms with Crippen LogP contribution in [0.3, 0.4) is 0 Å². The van der Waals surface area contributed by atoms with E-state index in [9.17, 15) is 4.79 Å². The zero-order valence-electron chi connectivity index (χ0n) is 16.0. The topological polar surface area (TPSA) is 38.3 Å². The highest BCUT2D eigenvalue weighted by Gasteiger charge is 2.19. The molecule has 0 saturated heterocycles. The van der Waals surface area contributed by atoms with Crippen molar-refractivity contribution in [3.63, 3.8) is 0 Å². The van der Waals surface area contributed by atoms with E-state index in [0.29, 0.717) is 0 Å². The molecule has 0 unspecified atom stereocenters. The Morgan fingerprint density at radius 3 is 2.12 bits per heavy atom. The van der Waals surface area contributed by atoms with Gasteiger partial charge < -0.3 is 10.1 Å². The Balaban J connectivity index is 2.11. The summed E-state index contributed by atoms with van der Waals surface area (Å²) in [5.74, 6) is 0.643. The number of rotatable bonds is 6. The molecule has 2 aromatic rings. The van der Waals surface area contributed by atoms with Crippen LogP contribution >= 0.6 is 0 Å². The lowest BCUT2D eigenvalue weighted by molar-refractivity contribution is -0.118. The van der Waals surface area contributed by atoms with E-state index in [0.717, 1.165) is 41.0 Å². The lowest BCUT2D eigenvalue weighted by atomic mass is 9.86. The number of para-hydroxylation sites is 2. The second-order valence-corrected chi connectivity index (χ2v) is 7.24. The van der Waals surface area contributed by atoms with Crippen molar-refractivity contribution < 1.29 is 9.53 Å². The number of benzene rings is 2. The van der Waals surface area contributed by atoms with Gasteiger partial charge in [-0.15, -0.1) is 0 Å². The van der Waals surface area contributed by atoms with Gasteiger partial charge in [0.1, 0.15) is 5.75 Å². The third-order valence-corrected chi connectivity index (χ3v) is 4.32. The second kappa shape index (κ2) is 8.19. The zero-order chi connectivity index (χ0) is 18.4. The van der Waals surface area contributed by atoms with Crippen LogP contribution in [0.4, 0.5) is 5.69 Å². The number of carbonyl (C=O) groups is 1. The van der Waals surface area contributed by atoms with E-state index in [1.54, 1.807) is 0 Å². The van der Waals surface area contributed by atoms with Gasteiger partial charge in [-0.3, -0.25) is 4.79 Å². The highest BCUT2D eigenvalue weighted by Crippen LogP contribution is 2.31. The minimum Gasteiger partial charge on any atom is -0.483 e. The maximum Gasteiger partial charge on any atom is 0.262 e. The molecule has 1 N–H and O–H groups in total. The van der Waals surface area contributed by atoms with E-state index in [1.807, 2.05) is 24.3 Å². The zero-order valence-corrected chi connectivity index (χ0v) is 16.0. The summed E-state index contributed by atoms with van der Waals surface area (Å²) >= 11 is 0. The summed E-state index contributed by atoms with van der Waals surface area (Å²) in [6.45, 7) is 10.6. The highest BCUT2D eigenvalue weighted by atomic mass is 16.5. The molecule has 0 bridgehead atoms. The quantitative estimate of drug-likeness (QED) is 0.792. The van der Waals surface area contributed by atoms with E-state index in [4.69, 9.17) is 4.74 Å². The summed E-state index contributed by atoms with van der Waals surface area (Å²) in [7, 11) is 0. The molecule has 2 rings (SSSR count). The van der Waals surface area contributed by atoms with Crippen LogP contribution in [0.15, 0.2) is 42.5 Å². The normalized spacial score (nSPS) is 11.2. The van der Waals surface area contributed by atoms with Crippen LogP contribution in [0.2, 0.25) is 0 Å². The van der Waals surface area contributed by atoms with Crippen molar-refractivity contribution in [3.8, 4) is 5.75 Å². The van der Waals surface area contributed by atoms with Crippen molar-refractivity contribution >= 4 is 11.6 Å². The van der Waals surface area contributed by atoms with Gasteiger partial charge >= 0.3 is 0 Å². The molecule has 0 aliphatic heterocycles. The van der Waals surface area contributed by atoms with Crippen molar-refractivity contribution in [1.82, 2.24) is 0 Å². The van der Waals surface area contributed by atoms with Crippen molar-refractivity contribution in [3.05, 3.63) is 59.2 Å². The van der Waals surface area contributed by atoms with Gasteiger partial charge in [0.05, 0.1) is 0 Å². The van der Waals surface area contributed by atoms with Crippen molar-refractivity contribution in [1.29, 1.82) is 0 Å². The summed E-state index contributed by atoms with van der Waals surface area (Å²) < 4.78 is 5.83. The molecule has 25 heavy (non-hydrogen) atoms. The first kappa shape index (κ1) is 19.0. The molecule has 0 saturated carbocycles. The predicted molar refractivity (Wildman–Crippen MR) is 104 cm³/mol. The summed E-state index contributed by atoms with van der Waals surface area (Å²) in [5, 5.41) is 3.05. The Morgan fingerprint density at radius 1 is 0.960 bits per heavy atom. The molecular formula is C22H29NO2. The first-order valence-corrected chi connectivity index (χ1v) is 8.99. The fourth-order valence-electron chi connectivity index (χ4n) is 2.93. The summed E-state index contributed by atoms with van der Waals surface area (Å²) in [4.78, 5) is 12.4. The number of aryl methyl sites for hydroxylation is 2. The molecule has 0 aliphatic rings. The van der Waals surface area contributed by atoms with Gasteiger partial charge in [-0.05, 0) is 41.0 Å². The second-order valence-electron chi connectivity index (χ2n) is 7.24. The van der Waals surface area contributed by atoms with Gasteiger partial charge in [0, 0.05) is 5.69 Å². The van der Waals surface area contributed by atoms with E-state index >= 15 is 0 Å². The van der Waals surface area contributed by atoms with Gasteiger partial charge in [0.15, 0.2) is 6.61 Å². The molecule has 134 valence electrons. The van der Waals surface area contributed by atoms with Crippen LogP contribution in [0.1, 0.15) is 51.3 Å². The van der Waals surface area contributed by atoms with E-state index in [2.05, 4.69) is 58.1 Å². The molecule has 3 nitrogen and oxygen atoms in total. The van der Waals surface area contributed by atoms with Crippen LogP contribution in [0, 0.1) is 0 Å². The molecular weight excluding hydrogens is 310 g/mol. The number of ether oxygens (including phenoxy) is 1. The summed E-state index contributed by atoms with van der Waals surface area (Å²) in [6, 6.07) is 14.1. The monoisotopic (exact) mass is 339 g/mol. The molecule has 0 aliphatic carbocycles. The maximum absolute atomic E-state index is 12.4. The average Bonchev–Trinajstić information content (AvgIpc) is 2.59. The fourth-order valence-corrected chi connectivity index (χ4v) is 2.93.